The fraction of sp³-hybridized carbons (Fsp3) is 0.480. The van der Waals surface area contributed by atoms with Gasteiger partial charge >= 0.3 is 0 Å². The molecule has 4 N–H and O–H groups in total. The third-order valence-electron chi connectivity index (χ3n) is 7.46. The maximum atomic E-state index is 14.4. The SMILES string of the molecule is CC1(C(N)=O)CCC(n2c(Nc3c(Cl)cc(C#N)cc3Cl)nc3cnc(N[C@H]4CCOC[C@H]4F)nc32)CC1. The van der Waals surface area contributed by atoms with E-state index in [1.54, 1.807) is 6.20 Å². The lowest BCUT2D eigenvalue weighted by atomic mass is 9.73. The van der Waals surface area contributed by atoms with Crippen LogP contribution in [-0.2, 0) is 9.53 Å². The Balaban J connectivity index is 1.54. The topological polar surface area (TPSA) is 144 Å². The van der Waals surface area contributed by atoms with E-state index in [-0.39, 0.29) is 34.5 Å². The van der Waals surface area contributed by atoms with Crippen LogP contribution >= 0.6 is 23.2 Å². The number of hydrogen-bond donors (Lipinski definition) is 3. The first-order valence-electron chi connectivity index (χ1n) is 12.4. The standard InChI is InChI=1S/C25H27Cl2FN8O2/c1-25(22(30)37)5-2-14(3-6-25)36-21-19(11-31-23(35-21)32-18-4-7-38-12-17(18)28)33-24(36)34-20-15(26)8-13(10-29)9-16(20)27/h8-9,11,14,17-18H,2-7,12H2,1H3,(H2,30,37)(H,33,34)(H,31,32,35)/t14?,17-,18+,25?/m1/s1. The summed E-state index contributed by atoms with van der Waals surface area (Å²) in [5.41, 5.74) is 6.88. The highest BCUT2D eigenvalue weighted by atomic mass is 35.5. The van der Waals surface area contributed by atoms with E-state index < -0.39 is 17.6 Å². The van der Waals surface area contributed by atoms with Crippen LogP contribution in [0.4, 0.5) is 22.0 Å². The predicted octanol–water partition coefficient (Wildman–Crippen LogP) is 4.89. The van der Waals surface area contributed by atoms with E-state index in [0.717, 1.165) is 0 Å². The Morgan fingerprint density at radius 2 is 1.97 bits per heavy atom. The minimum Gasteiger partial charge on any atom is -0.378 e. The Hall–Kier alpha value is -3.20. The van der Waals surface area contributed by atoms with E-state index in [0.29, 0.717) is 67.1 Å². The molecule has 13 heteroatoms. The molecule has 2 aromatic heterocycles. The van der Waals surface area contributed by atoms with Gasteiger partial charge in [-0.05, 0) is 44.2 Å². The zero-order valence-electron chi connectivity index (χ0n) is 20.7. The predicted molar refractivity (Wildman–Crippen MR) is 142 cm³/mol. The van der Waals surface area contributed by atoms with Gasteiger partial charge in [0.1, 0.15) is 11.7 Å². The van der Waals surface area contributed by atoms with Gasteiger partial charge in [0.25, 0.3) is 0 Å². The molecule has 1 saturated carbocycles. The van der Waals surface area contributed by atoms with Crippen molar-refractivity contribution >= 4 is 57.9 Å². The molecule has 2 atom stereocenters. The number of anilines is 3. The summed E-state index contributed by atoms with van der Waals surface area (Å²) >= 11 is 12.9. The van der Waals surface area contributed by atoms with Gasteiger partial charge < -0.3 is 21.1 Å². The first kappa shape index (κ1) is 26.4. The smallest absolute Gasteiger partial charge is 0.225 e. The van der Waals surface area contributed by atoms with Crippen LogP contribution in [0.1, 0.15) is 50.6 Å². The van der Waals surface area contributed by atoms with Crippen LogP contribution in [-0.4, -0.2) is 50.9 Å². The molecule has 3 aromatic rings. The quantitative estimate of drug-likeness (QED) is 0.386. The second-order valence-electron chi connectivity index (χ2n) is 10.0. The summed E-state index contributed by atoms with van der Waals surface area (Å²) in [4.78, 5) is 25.8. The molecule has 200 valence electrons. The lowest BCUT2D eigenvalue weighted by Crippen LogP contribution is -2.39. The highest BCUT2D eigenvalue weighted by Gasteiger charge is 2.38. The van der Waals surface area contributed by atoms with E-state index >= 15 is 0 Å². The molecule has 10 nitrogen and oxygen atoms in total. The molecule has 1 aromatic carbocycles. The van der Waals surface area contributed by atoms with Crippen molar-refractivity contribution in [2.45, 2.75) is 57.3 Å². The van der Waals surface area contributed by atoms with Gasteiger partial charge in [-0.15, -0.1) is 0 Å². The molecular weight excluding hydrogens is 534 g/mol. The van der Waals surface area contributed by atoms with Crippen molar-refractivity contribution < 1.29 is 13.9 Å². The largest absolute Gasteiger partial charge is 0.378 e. The van der Waals surface area contributed by atoms with E-state index in [1.165, 1.54) is 12.1 Å². The molecule has 1 amide bonds. The number of hydrogen-bond acceptors (Lipinski definition) is 8. The second-order valence-corrected chi connectivity index (χ2v) is 10.9. The Kier molecular flexibility index (Phi) is 7.31. The third-order valence-corrected chi connectivity index (χ3v) is 8.06. The van der Waals surface area contributed by atoms with Crippen LogP contribution in [0.3, 0.4) is 0 Å². The fourth-order valence-electron chi connectivity index (χ4n) is 5.04. The monoisotopic (exact) mass is 560 g/mol. The number of rotatable bonds is 6. The number of primary amides is 1. The van der Waals surface area contributed by atoms with Crippen molar-refractivity contribution in [2.75, 3.05) is 23.8 Å². The molecule has 1 aliphatic carbocycles. The molecule has 1 aliphatic heterocycles. The maximum Gasteiger partial charge on any atom is 0.225 e. The summed E-state index contributed by atoms with van der Waals surface area (Å²) in [6.07, 6.45) is 3.44. The van der Waals surface area contributed by atoms with Crippen LogP contribution in [0.5, 0.6) is 0 Å². The molecule has 0 bridgehead atoms. The van der Waals surface area contributed by atoms with Crippen LogP contribution in [0, 0.1) is 16.7 Å². The average Bonchev–Trinajstić information content (AvgIpc) is 3.25. The minimum absolute atomic E-state index is 0.0265. The number of alkyl halides is 1. The summed E-state index contributed by atoms with van der Waals surface area (Å²) in [7, 11) is 0. The fourth-order valence-corrected chi connectivity index (χ4v) is 5.62. The van der Waals surface area contributed by atoms with Gasteiger partial charge in [0.2, 0.25) is 17.8 Å². The Morgan fingerprint density at radius 3 is 2.61 bits per heavy atom. The number of amides is 1. The summed E-state index contributed by atoms with van der Waals surface area (Å²) in [5.74, 6) is 0.404. The first-order chi connectivity index (χ1) is 18.2. The number of fused-ring (bicyclic) bond motifs is 1. The van der Waals surface area contributed by atoms with Crippen LogP contribution in [0.25, 0.3) is 11.2 Å². The molecule has 38 heavy (non-hydrogen) atoms. The van der Waals surface area contributed by atoms with Gasteiger partial charge in [-0.25, -0.2) is 14.4 Å². The van der Waals surface area contributed by atoms with E-state index in [9.17, 15) is 14.4 Å². The number of aromatic nitrogens is 4. The Morgan fingerprint density at radius 1 is 1.26 bits per heavy atom. The molecule has 1 saturated heterocycles. The average molecular weight is 561 g/mol. The van der Waals surface area contributed by atoms with Crippen LogP contribution in [0.2, 0.25) is 10.0 Å². The highest BCUT2D eigenvalue weighted by molar-refractivity contribution is 6.39. The molecule has 3 heterocycles. The lowest BCUT2D eigenvalue weighted by molar-refractivity contribution is -0.128. The van der Waals surface area contributed by atoms with Gasteiger partial charge in [-0.3, -0.25) is 9.36 Å². The van der Waals surface area contributed by atoms with Crippen molar-refractivity contribution in [1.29, 1.82) is 5.26 Å². The van der Waals surface area contributed by atoms with Crippen molar-refractivity contribution in [3.63, 3.8) is 0 Å². The summed E-state index contributed by atoms with van der Waals surface area (Å²) in [6, 6.07) is 4.54. The van der Waals surface area contributed by atoms with Gasteiger partial charge in [0.15, 0.2) is 5.65 Å². The zero-order valence-corrected chi connectivity index (χ0v) is 22.2. The lowest BCUT2D eigenvalue weighted by Gasteiger charge is -2.35. The van der Waals surface area contributed by atoms with E-state index in [4.69, 9.17) is 43.6 Å². The van der Waals surface area contributed by atoms with Gasteiger partial charge in [0.05, 0.1) is 46.2 Å². The number of nitriles is 1. The molecule has 2 fully saturated rings. The second kappa shape index (κ2) is 10.5. The van der Waals surface area contributed by atoms with Gasteiger partial charge in [-0.1, -0.05) is 30.1 Å². The Bertz CT molecular complexity index is 1390. The van der Waals surface area contributed by atoms with Crippen molar-refractivity contribution in [3.05, 3.63) is 33.9 Å². The van der Waals surface area contributed by atoms with Crippen LogP contribution in [0.15, 0.2) is 18.3 Å². The number of benzene rings is 1. The highest BCUT2D eigenvalue weighted by Crippen LogP contribution is 2.43. The zero-order chi connectivity index (χ0) is 27.0. The summed E-state index contributed by atoms with van der Waals surface area (Å²) in [5, 5.41) is 16.1. The number of carbonyl (C=O) groups excluding carboxylic acids is 1. The molecule has 2 aliphatic rings. The number of ether oxygens (including phenoxy) is 1. The van der Waals surface area contributed by atoms with Crippen molar-refractivity contribution in [1.82, 2.24) is 19.5 Å². The normalized spacial score (nSPS) is 25.6. The van der Waals surface area contributed by atoms with Gasteiger partial charge in [0, 0.05) is 18.1 Å². The number of nitrogens with zero attached hydrogens (tertiary/aromatic N) is 5. The number of nitrogens with two attached hydrogens (primary N) is 1. The van der Waals surface area contributed by atoms with Crippen molar-refractivity contribution in [3.8, 4) is 6.07 Å². The van der Waals surface area contributed by atoms with E-state index in [1.807, 2.05) is 17.6 Å². The van der Waals surface area contributed by atoms with Crippen molar-refractivity contribution in [2.24, 2.45) is 11.1 Å². The molecule has 0 spiro atoms. The molecular formula is C25H27Cl2FN8O2. The third kappa shape index (κ3) is 5.08. The molecule has 0 unspecified atom stereocenters. The number of carbonyl (C=O) groups is 1. The number of halogens is 3. The maximum absolute atomic E-state index is 14.4. The first-order valence-corrected chi connectivity index (χ1v) is 13.1. The van der Waals surface area contributed by atoms with Gasteiger partial charge in [-0.2, -0.15) is 10.2 Å². The van der Waals surface area contributed by atoms with E-state index in [2.05, 4.69) is 15.6 Å². The van der Waals surface area contributed by atoms with Crippen LogP contribution < -0.4 is 16.4 Å². The summed E-state index contributed by atoms with van der Waals surface area (Å²) in [6.45, 7) is 2.37. The Labute approximate surface area is 228 Å². The molecule has 5 rings (SSSR count). The number of nitrogens with one attached hydrogen (secondary N) is 2. The number of imidazole rings is 1. The summed E-state index contributed by atoms with van der Waals surface area (Å²) < 4.78 is 21.5. The molecule has 0 radical (unpaired) electrons. The minimum atomic E-state index is -1.17.